The van der Waals surface area contributed by atoms with Crippen LogP contribution in [-0.2, 0) is 72.7 Å². The molecule has 0 bridgehead atoms. The summed E-state index contributed by atoms with van der Waals surface area (Å²) in [4.78, 5) is 101. The molecule has 560 valence electrons. The van der Waals surface area contributed by atoms with Crippen molar-refractivity contribution in [1.82, 2.24) is 35.7 Å². The number of carbonyl (C=O) groups is 7. The van der Waals surface area contributed by atoms with Crippen LogP contribution in [0.25, 0.3) is 0 Å². The number of rotatable bonds is 43. The minimum atomic E-state index is -4.15. The first-order valence-corrected chi connectivity index (χ1v) is 38.4. The number of hydrogen-bond donors (Lipinski definition) is 9. The molecule has 0 radical (unpaired) electrons. The van der Waals surface area contributed by atoms with Crippen molar-refractivity contribution in [2.75, 3.05) is 76.3 Å². The molecule has 26 nitrogen and oxygen atoms in total. The van der Waals surface area contributed by atoms with Crippen LogP contribution in [-0.4, -0.2) is 196 Å². The molecule has 7 rings (SSSR count). The van der Waals surface area contributed by atoms with Crippen molar-refractivity contribution in [3.8, 4) is 5.75 Å². The van der Waals surface area contributed by atoms with Gasteiger partial charge >= 0.3 is 23.9 Å². The molecule has 28 heteroatoms. The van der Waals surface area contributed by atoms with Gasteiger partial charge in [-0.05, 0) is 152 Å². The third-order valence-electron chi connectivity index (χ3n) is 19.1. The Morgan fingerprint density at radius 1 is 0.718 bits per heavy atom. The molecule has 3 aromatic carbocycles. The van der Waals surface area contributed by atoms with Gasteiger partial charge in [0.15, 0.2) is 5.71 Å². The summed E-state index contributed by atoms with van der Waals surface area (Å²) in [5, 5.41) is 36.4. The number of allylic oxidation sites excluding steroid dienone is 7. The van der Waals surface area contributed by atoms with Gasteiger partial charge in [-0.1, -0.05) is 68.0 Å². The summed E-state index contributed by atoms with van der Waals surface area (Å²) in [6, 6.07) is 18.0. The number of fused-ring (bicyclic) bond motifs is 2. The summed E-state index contributed by atoms with van der Waals surface area (Å²) < 4.78 is 75.2. The lowest BCUT2D eigenvalue weighted by molar-refractivity contribution is -0.438. The summed E-state index contributed by atoms with van der Waals surface area (Å²) in [6.07, 6.45) is 15.5. The topological polar surface area (TPSA) is 376 Å². The minimum absolute atomic E-state index is 0.0483. The van der Waals surface area contributed by atoms with Crippen LogP contribution in [0.1, 0.15) is 152 Å². The van der Waals surface area contributed by atoms with E-state index in [0.29, 0.717) is 94.1 Å². The highest BCUT2D eigenvalue weighted by atomic mass is 32.2. The zero-order chi connectivity index (χ0) is 75.2. The number of urea groups is 1. The fourth-order valence-corrected chi connectivity index (χ4v) is 14.5. The third-order valence-corrected chi connectivity index (χ3v) is 20.7. The van der Waals surface area contributed by atoms with Crippen LogP contribution in [0.5, 0.6) is 5.75 Å². The number of imidazole rings is 1. The van der Waals surface area contributed by atoms with Gasteiger partial charge in [0.25, 0.3) is 20.2 Å². The fourth-order valence-electron chi connectivity index (χ4n) is 13.3. The van der Waals surface area contributed by atoms with Crippen molar-refractivity contribution in [2.45, 2.75) is 167 Å². The van der Waals surface area contributed by atoms with E-state index in [4.69, 9.17) is 9.84 Å². The molecule has 9 N–H and O–H groups in total. The van der Waals surface area contributed by atoms with E-state index in [1.165, 1.54) is 6.33 Å². The number of Topliss-reactive ketones (excluding diaryl/α,β-unsaturated/α-hetero) is 2. The van der Waals surface area contributed by atoms with Crippen LogP contribution in [0.2, 0.25) is 0 Å². The van der Waals surface area contributed by atoms with Gasteiger partial charge in [-0.2, -0.15) is 21.4 Å². The third kappa shape index (κ3) is 25.0. The van der Waals surface area contributed by atoms with Gasteiger partial charge in [0.2, 0.25) is 11.6 Å². The number of H-pyrrole nitrogens is 1. The number of aliphatic carboxylic acids is 3. The Labute approximate surface area is 604 Å². The number of carboxylic acids is 3. The average Bonchev–Trinajstić information content (AvgIpc) is 1.60. The molecule has 0 spiro atoms. The molecule has 3 amide bonds. The minimum Gasteiger partial charge on any atom is -0.481 e. The van der Waals surface area contributed by atoms with Gasteiger partial charge in [-0.3, -0.25) is 28.3 Å². The highest BCUT2D eigenvalue weighted by Crippen LogP contribution is 2.49. The lowest BCUT2D eigenvalue weighted by Crippen LogP contribution is -2.46. The highest BCUT2D eigenvalue weighted by molar-refractivity contribution is 7.86. The Kier molecular flexibility index (Phi) is 29.9. The number of benzene rings is 3. The fraction of sp³-hybridized carbons (Fsp3) is 0.507. The number of anilines is 1. The predicted molar refractivity (Wildman–Crippen MR) is 392 cm³/mol. The molecular weight excluding hydrogens is 1360 g/mol. The molecule has 4 aromatic rings. The Morgan fingerprint density at radius 3 is 2.08 bits per heavy atom. The summed E-state index contributed by atoms with van der Waals surface area (Å²) in [5.74, 6) is -5.10. The van der Waals surface area contributed by atoms with E-state index >= 15 is 0 Å². The van der Waals surface area contributed by atoms with Crippen LogP contribution in [0, 0.1) is 12.8 Å². The van der Waals surface area contributed by atoms with Gasteiger partial charge < -0.3 is 55.7 Å². The van der Waals surface area contributed by atoms with Gasteiger partial charge in [0.05, 0.1) is 29.2 Å². The molecule has 2 aliphatic heterocycles. The largest absolute Gasteiger partial charge is 0.481 e. The molecular formula is C75H102N9O17S2+. The number of aromatic nitrogens is 2. The zero-order valence-electron chi connectivity index (χ0n) is 60.1. The second kappa shape index (κ2) is 37.7. The summed E-state index contributed by atoms with van der Waals surface area (Å²) in [7, 11) is -4.53. The second-order valence-electron chi connectivity index (χ2n) is 28.1. The number of nitrogens with one attached hydrogen (secondary N) is 4. The average molecular weight is 1470 g/mol. The van der Waals surface area contributed by atoms with Crippen LogP contribution in [0.15, 0.2) is 126 Å². The van der Waals surface area contributed by atoms with E-state index in [-0.39, 0.29) is 100 Å². The number of aromatic amines is 1. The van der Waals surface area contributed by atoms with Gasteiger partial charge in [-0.25, -0.2) is 19.4 Å². The molecule has 3 atom stereocenters. The number of hydrogen-bond acceptors (Lipinski definition) is 16. The van der Waals surface area contributed by atoms with Crippen molar-refractivity contribution in [2.24, 2.45) is 5.92 Å². The van der Waals surface area contributed by atoms with E-state index in [9.17, 15) is 69.7 Å². The Hall–Kier alpha value is -8.67. The Morgan fingerprint density at radius 2 is 1.41 bits per heavy atom. The number of aryl methyl sites for hydroxylation is 1. The molecule has 0 fully saturated rings. The van der Waals surface area contributed by atoms with Gasteiger partial charge in [0.1, 0.15) is 41.7 Å². The number of para-hydroxylation sites is 1. The van der Waals surface area contributed by atoms with Crippen molar-refractivity contribution < 1.29 is 84.1 Å². The number of unbranched alkanes of at least 4 members (excludes halogenated alkanes) is 2. The Balaban J connectivity index is 1.03. The van der Waals surface area contributed by atoms with E-state index in [0.717, 1.165) is 57.0 Å². The molecule has 0 saturated carbocycles. The molecule has 3 heterocycles. The van der Waals surface area contributed by atoms with Crippen molar-refractivity contribution in [1.29, 1.82) is 0 Å². The number of nitrogens with zero attached hydrogens (tertiary/aromatic N) is 5. The quantitative estimate of drug-likeness (QED) is 0.0113. The first-order valence-electron chi connectivity index (χ1n) is 35.2. The van der Waals surface area contributed by atoms with E-state index in [1.54, 1.807) is 30.5 Å². The van der Waals surface area contributed by atoms with E-state index in [1.807, 2.05) is 43.0 Å². The van der Waals surface area contributed by atoms with Crippen molar-refractivity contribution >= 4 is 78.7 Å². The number of carboxylic acid groups (broad SMARTS) is 3. The van der Waals surface area contributed by atoms with Crippen LogP contribution >= 0.6 is 0 Å². The van der Waals surface area contributed by atoms with Crippen LogP contribution < -0.4 is 25.6 Å². The SMILES string of the molecule is Cc1ccc2c(c1)C(C)(C)/C(=C\C=C1/CCCC(/C=C/C3=[N+](CCCCS(=O)(=O)O)c4ccccc4C3(C)C)=C1Oc1ccc(C[C@H](NC(=O)[C@@H](CC(=O)CCN(C)CCN(C)CCCC(=O)CC[C@H](NC(=O)NCCCC(=O)O)C(=O)O)Cc3cnc[nH]3)C(=O)O)cc1)N2CCCCS(=O)(=O)O. The lowest BCUT2D eigenvalue weighted by atomic mass is 9.81. The Bertz CT molecular complexity index is 4070. The maximum atomic E-state index is 14.2. The van der Waals surface area contributed by atoms with Gasteiger partial charge in [-0.15, -0.1) is 0 Å². The van der Waals surface area contributed by atoms with E-state index < -0.39 is 78.9 Å². The highest BCUT2D eigenvalue weighted by Gasteiger charge is 2.44. The molecule has 3 aliphatic rings. The second-order valence-corrected chi connectivity index (χ2v) is 31.3. The summed E-state index contributed by atoms with van der Waals surface area (Å²) in [5.41, 5.74) is 9.40. The first kappa shape index (κ1) is 81.6. The molecule has 0 unspecified atom stereocenters. The monoisotopic (exact) mass is 1460 g/mol. The molecule has 1 aromatic heterocycles. The van der Waals surface area contributed by atoms with Crippen molar-refractivity contribution in [3.05, 3.63) is 154 Å². The maximum absolute atomic E-state index is 14.2. The number of likely N-dealkylation sites (N-methyl/N-ethyl adjacent to an activating group) is 2. The number of amides is 3. The summed E-state index contributed by atoms with van der Waals surface area (Å²) in [6.45, 7) is 13.8. The van der Waals surface area contributed by atoms with Crippen molar-refractivity contribution in [3.63, 3.8) is 0 Å². The lowest BCUT2D eigenvalue weighted by Gasteiger charge is -2.27. The first-order chi connectivity index (χ1) is 48.7. The van der Waals surface area contributed by atoms with E-state index in [2.05, 4.69) is 118 Å². The smallest absolute Gasteiger partial charge is 0.326 e. The zero-order valence-corrected chi connectivity index (χ0v) is 61.8. The molecule has 1 aliphatic carbocycles. The molecule has 103 heavy (non-hydrogen) atoms. The maximum Gasteiger partial charge on any atom is 0.326 e. The standard InChI is InChI=1S/C75H101N9O17S2/c1-51-23-32-65-61(45-51)75(4,5)67(84(65)39-11-13-44-103(98,99)100)34-27-54-18-14-17-53(26-33-66-74(2,3)60-20-8-9-21-64(60)83(66)38-10-12-43-102(95,96)97)69(54)101-59-29-24-52(25-30-59)46-63(72(92)93)79-70(89)55(47-56-49-76-50-78-56)48-58(86)35-40-82(7)42-41-81(6)37-16-19-57(85)28-31-62(71(90)91)80-73(94)77-36-15-22-68(87)88/h8-9,20-21,23-27,29-30,32-34,45,49-50,55,62-63H,10-19,22,28,31,35-44,46-48H2,1-7H3,(H8-,76,77,78,79,80,87,88,89,90,91,92,93,94,95,96,97,98,99,100)/p+1/t55-,62+,63+/m1/s1. The molecule has 0 saturated heterocycles. The predicted octanol–water partition coefficient (Wildman–Crippen LogP) is 9.04. The number of ketones is 2. The van der Waals surface area contributed by atoms with Gasteiger partial charge in [0, 0.05) is 130 Å². The van der Waals surface area contributed by atoms with Crippen LogP contribution in [0.4, 0.5) is 16.2 Å². The number of carbonyl (C=O) groups excluding carboxylic acids is 4. The van der Waals surface area contributed by atoms with Crippen LogP contribution in [0.3, 0.4) is 0 Å². The summed E-state index contributed by atoms with van der Waals surface area (Å²) >= 11 is 0. The number of ether oxygens (including phenoxy) is 1. The normalized spacial score (nSPS) is 16.7.